The molecule has 1 atom stereocenters. The van der Waals surface area contributed by atoms with Crippen LogP contribution in [0.3, 0.4) is 0 Å². The number of amides is 1. The topological polar surface area (TPSA) is 46.3 Å². The van der Waals surface area contributed by atoms with Gasteiger partial charge in [0.05, 0.1) is 4.47 Å². The Balaban J connectivity index is 2.34. The van der Waals surface area contributed by atoms with Gasteiger partial charge in [0.25, 0.3) is 5.91 Å². The van der Waals surface area contributed by atoms with Crippen LogP contribution in [0.5, 0.6) is 0 Å². The summed E-state index contributed by atoms with van der Waals surface area (Å²) in [7, 11) is 0. The van der Waals surface area contributed by atoms with Crippen LogP contribution in [-0.2, 0) is 0 Å². The zero-order valence-corrected chi connectivity index (χ0v) is 10.5. The summed E-state index contributed by atoms with van der Waals surface area (Å²) in [4.78, 5) is 13.3. The highest BCUT2D eigenvalue weighted by Gasteiger charge is 2.29. The summed E-state index contributed by atoms with van der Waals surface area (Å²) in [5.41, 5.74) is 5.14. The molecule has 2 rings (SSSR count). The van der Waals surface area contributed by atoms with Crippen LogP contribution in [0.25, 0.3) is 0 Å². The molecule has 1 aromatic carbocycles. The normalized spacial score (nSPS) is 19.8. The highest BCUT2D eigenvalue weighted by Crippen LogP contribution is 2.24. The van der Waals surface area contributed by atoms with Crippen molar-refractivity contribution >= 4 is 21.8 Å². The lowest BCUT2D eigenvalue weighted by atomic mass is 10.1. The Morgan fingerprint density at radius 2 is 2.18 bits per heavy atom. The summed E-state index contributed by atoms with van der Waals surface area (Å²) >= 11 is 2.93. The molecule has 0 bridgehead atoms. The number of rotatable bonds is 1. The average Bonchev–Trinajstić information content (AvgIpc) is 2.71. The third-order valence-corrected chi connectivity index (χ3v) is 3.38. The van der Waals surface area contributed by atoms with Gasteiger partial charge in [0.15, 0.2) is 5.82 Å². The van der Waals surface area contributed by atoms with Crippen LogP contribution in [0.2, 0.25) is 0 Å². The van der Waals surface area contributed by atoms with E-state index in [1.807, 2.05) is 0 Å². The molecule has 92 valence electrons. The number of likely N-dealkylation sites (tertiary alicyclic amines) is 1. The van der Waals surface area contributed by atoms with Crippen molar-refractivity contribution in [2.75, 3.05) is 13.1 Å². The van der Waals surface area contributed by atoms with Crippen LogP contribution >= 0.6 is 15.9 Å². The second kappa shape index (κ2) is 4.70. The Morgan fingerprint density at radius 1 is 1.47 bits per heavy atom. The molecular weight excluding hydrogens is 294 g/mol. The lowest BCUT2D eigenvalue weighted by molar-refractivity contribution is 0.0781. The molecule has 0 aromatic heterocycles. The first-order chi connectivity index (χ1) is 8.00. The highest BCUT2D eigenvalue weighted by molar-refractivity contribution is 9.10. The molecule has 0 spiro atoms. The lowest BCUT2D eigenvalue weighted by Crippen LogP contribution is -2.33. The minimum atomic E-state index is -0.865. The Bertz CT molecular complexity index is 467. The van der Waals surface area contributed by atoms with Crippen molar-refractivity contribution in [2.45, 2.75) is 12.5 Å². The standard InChI is InChI=1S/C11H11BrF2N2O/c12-7-1-2-8(13)9(10(7)14)11(17)16-4-3-6(15)5-16/h1-2,6H,3-5,15H2. The summed E-state index contributed by atoms with van der Waals surface area (Å²) < 4.78 is 27.3. The molecule has 1 heterocycles. The van der Waals surface area contributed by atoms with Crippen LogP contribution in [0.15, 0.2) is 16.6 Å². The summed E-state index contributed by atoms with van der Waals surface area (Å²) in [6.07, 6.45) is 0.656. The Hall–Kier alpha value is -1.01. The molecule has 1 aromatic rings. The molecule has 1 aliphatic heterocycles. The van der Waals surface area contributed by atoms with Gasteiger partial charge in [0.2, 0.25) is 0 Å². The summed E-state index contributed by atoms with van der Waals surface area (Å²) in [6, 6.07) is 2.19. The van der Waals surface area contributed by atoms with E-state index < -0.39 is 23.1 Å². The molecule has 0 aliphatic carbocycles. The highest BCUT2D eigenvalue weighted by atomic mass is 79.9. The Morgan fingerprint density at radius 3 is 2.76 bits per heavy atom. The zero-order chi connectivity index (χ0) is 12.6. The van der Waals surface area contributed by atoms with Gasteiger partial charge >= 0.3 is 0 Å². The lowest BCUT2D eigenvalue weighted by Gasteiger charge is -2.16. The molecule has 1 saturated heterocycles. The van der Waals surface area contributed by atoms with E-state index in [1.165, 1.54) is 11.0 Å². The third-order valence-electron chi connectivity index (χ3n) is 2.77. The molecule has 1 amide bonds. The number of benzene rings is 1. The maximum absolute atomic E-state index is 13.7. The SMILES string of the molecule is NC1CCN(C(=O)c2c(F)ccc(Br)c2F)C1. The predicted molar refractivity (Wildman–Crippen MR) is 62.6 cm³/mol. The van der Waals surface area contributed by atoms with Gasteiger partial charge in [-0.1, -0.05) is 0 Å². The molecule has 6 heteroatoms. The molecule has 0 radical (unpaired) electrons. The van der Waals surface area contributed by atoms with E-state index >= 15 is 0 Å². The van der Waals surface area contributed by atoms with Crippen molar-refractivity contribution < 1.29 is 13.6 Å². The van der Waals surface area contributed by atoms with E-state index in [2.05, 4.69) is 15.9 Å². The minimum Gasteiger partial charge on any atom is -0.337 e. The van der Waals surface area contributed by atoms with Gasteiger partial charge in [-0.3, -0.25) is 4.79 Å². The molecule has 3 nitrogen and oxygen atoms in total. The van der Waals surface area contributed by atoms with Gasteiger partial charge in [-0.2, -0.15) is 0 Å². The van der Waals surface area contributed by atoms with E-state index in [0.29, 0.717) is 19.5 Å². The van der Waals surface area contributed by atoms with E-state index in [1.54, 1.807) is 0 Å². The molecule has 0 saturated carbocycles. The van der Waals surface area contributed by atoms with Crippen molar-refractivity contribution in [3.63, 3.8) is 0 Å². The largest absolute Gasteiger partial charge is 0.337 e. The number of hydrogen-bond acceptors (Lipinski definition) is 2. The predicted octanol–water partition coefficient (Wildman–Crippen LogP) is 1.90. The summed E-state index contributed by atoms with van der Waals surface area (Å²) in [5.74, 6) is -2.36. The molecular formula is C11H11BrF2N2O. The van der Waals surface area contributed by atoms with E-state index in [0.717, 1.165) is 6.07 Å². The van der Waals surface area contributed by atoms with Gasteiger partial charge in [-0.25, -0.2) is 8.78 Å². The molecule has 1 unspecified atom stereocenters. The first-order valence-corrected chi connectivity index (χ1v) is 5.98. The van der Waals surface area contributed by atoms with Gasteiger partial charge in [0, 0.05) is 19.1 Å². The first-order valence-electron chi connectivity index (χ1n) is 5.19. The van der Waals surface area contributed by atoms with Crippen LogP contribution in [0.1, 0.15) is 16.8 Å². The molecule has 2 N–H and O–H groups in total. The number of nitrogens with zero attached hydrogens (tertiary/aromatic N) is 1. The maximum atomic E-state index is 13.7. The summed E-state index contributed by atoms with van der Waals surface area (Å²) in [5, 5.41) is 0. The minimum absolute atomic E-state index is 0.0748. The van der Waals surface area contributed by atoms with E-state index in [4.69, 9.17) is 5.73 Å². The number of halogens is 3. The molecule has 1 fully saturated rings. The Labute approximate surface area is 106 Å². The number of hydrogen-bond donors (Lipinski definition) is 1. The second-order valence-corrected chi connectivity index (χ2v) is 4.87. The number of carbonyl (C=O) groups excluding carboxylic acids is 1. The van der Waals surface area contributed by atoms with Gasteiger partial charge in [-0.05, 0) is 34.5 Å². The van der Waals surface area contributed by atoms with E-state index in [9.17, 15) is 13.6 Å². The van der Waals surface area contributed by atoms with E-state index in [-0.39, 0.29) is 10.5 Å². The average molecular weight is 305 g/mol. The van der Waals surface area contributed by atoms with Gasteiger partial charge in [-0.15, -0.1) is 0 Å². The quantitative estimate of drug-likeness (QED) is 0.806. The van der Waals surface area contributed by atoms with Crippen LogP contribution in [0, 0.1) is 11.6 Å². The fourth-order valence-corrected chi connectivity index (χ4v) is 2.18. The third kappa shape index (κ3) is 2.32. The van der Waals surface area contributed by atoms with Crippen LogP contribution < -0.4 is 5.73 Å². The van der Waals surface area contributed by atoms with Crippen molar-refractivity contribution in [1.29, 1.82) is 0 Å². The summed E-state index contributed by atoms with van der Waals surface area (Å²) in [6.45, 7) is 0.773. The first kappa shape index (κ1) is 12.4. The van der Waals surface area contributed by atoms with Crippen molar-refractivity contribution in [1.82, 2.24) is 4.90 Å². The van der Waals surface area contributed by atoms with Crippen LogP contribution in [-0.4, -0.2) is 29.9 Å². The smallest absolute Gasteiger partial charge is 0.259 e. The monoisotopic (exact) mass is 304 g/mol. The second-order valence-electron chi connectivity index (χ2n) is 4.02. The molecule has 17 heavy (non-hydrogen) atoms. The van der Waals surface area contributed by atoms with Crippen molar-refractivity contribution in [2.24, 2.45) is 5.73 Å². The molecule has 1 aliphatic rings. The van der Waals surface area contributed by atoms with Gasteiger partial charge < -0.3 is 10.6 Å². The number of nitrogens with two attached hydrogens (primary N) is 1. The fourth-order valence-electron chi connectivity index (χ4n) is 1.85. The maximum Gasteiger partial charge on any atom is 0.259 e. The number of carbonyl (C=O) groups is 1. The fraction of sp³-hybridized carbons (Fsp3) is 0.364. The zero-order valence-electron chi connectivity index (χ0n) is 8.92. The van der Waals surface area contributed by atoms with Gasteiger partial charge in [0.1, 0.15) is 11.4 Å². The van der Waals surface area contributed by atoms with Crippen LogP contribution in [0.4, 0.5) is 8.78 Å². The van der Waals surface area contributed by atoms with Crippen molar-refractivity contribution in [3.05, 3.63) is 33.8 Å². The van der Waals surface area contributed by atoms with Crippen molar-refractivity contribution in [3.8, 4) is 0 Å². The Kier molecular flexibility index (Phi) is 3.44.